The first kappa shape index (κ1) is 13.2. The molecule has 3 N–H and O–H groups in total. The molecule has 3 rings (SSSR count). The van der Waals surface area contributed by atoms with Gasteiger partial charge in [-0.3, -0.25) is 0 Å². The first-order chi connectivity index (χ1) is 8.99. The van der Waals surface area contributed by atoms with Gasteiger partial charge in [0, 0.05) is 29.6 Å². The van der Waals surface area contributed by atoms with Crippen LogP contribution in [0.25, 0.3) is 0 Å². The zero-order chi connectivity index (χ0) is 13.6. The Morgan fingerprint density at radius 1 is 1.42 bits per heavy atom. The van der Waals surface area contributed by atoms with Crippen molar-refractivity contribution in [2.75, 3.05) is 6.54 Å². The lowest BCUT2D eigenvalue weighted by Gasteiger charge is -2.12. The quantitative estimate of drug-likeness (QED) is 0.871. The Morgan fingerprint density at radius 3 is 2.79 bits per heavy atom. The largest absolute Gasteiger partial charge is 0.487 e. The van der Waals surface area contributed by atoms with Crippen molar-refractivity contribution in [2.45, 2.75) is 36.3 Å². The molecule has 0 saturated heterocycles. The average molecular weight is 303 g/mol. The highest BCUT2D eigenvalue weighted by molar-refractivity contribution is 7.89. The van der Waals surface area contributed by atoms with E-state index in [0.717, 1.165) is 18.4 Å². The van der Waals surface area contributed by atoms with Gasteiger partial charge in [-0.1, -0.05) is 11.6 Å². The highest BCUT2D eigenvalue weighted by Crippen LogP contribution is 2.38. The Kier molecular flexibility index (Phi) is 3.21. The molecule has 0 amide bonds. The van der Waals surface area contributed by atoms with E-state index >= 15 is 0 Å². The van der Waals surface area contributed by atoms with E-state index in [1.165, 1.54) is 6.07 Å². The molecule has 1 aliphatic heterocycles. The van der Waals surface area contributed by atoms with Crippen molar-refractivity contribution >= 4 is 21.6 Å². The predicted molar refractivity (Wildman–Crippen MR) is 72.0 cm³/mol. The van der Waals surface area contributed by atoms with Crippen molar-refractivity contribution in [1.82, 2.24) is 4.72 Å². The molecule has 0 bridgehead atoms. The summed E-state index contributed by atoms with van der Waals surface area (Å²) in [6.07, 6.45) is 2.18. The van der Waals surface area contributed by atoms with Crippen LogP contribution in [0.4, 0.5) is 0 Å². The van der Waals surface area contributed by atoms with Gasteiger partial charge in [0.2, 0.25) is 10.0 Å². The van der Waals surface area contributed by atoms with E-state index in [2.05, 4.69) is 4.72 Å². The minimum atomic E-state index is -3.58. The summed E-state index contributed by atoms with van der Waals surface area (Å²) in [5.41, 5.74) is 6.38. The van der Waals surface area contributed by atoms with Gasteiger partial charge >= 0.3 is 0 Å². The van der Waals surface area contributed by atoms with E-state index in [1.54, 1.807) is 6.07 Å². The number of halogens is 1. The van der Waals surface area contributed by atoms with Gasteiger partial charge in [-0.2, -0.15) is 0 Å². The van der Waals surface area contributed by atoms with Crippen molar-refractivity contribution in [2.24, 2.45) is 5.73 Å². The third-order valence-electron chi connectivity index (χ3n) is 3.28. The highest BCUT2D eigenvalue weighted by Gasteiger charge is 2.34. The van der Waals surface area contributed by atoms with Gasteiger partial charge in [-0.25, -0.2) is 13.1 Å². The Labute approximate surface area is 117 Å². The number of rotatable bonds is 4. The van der Waals surface area contributed by atoms with Crippen LogP contribution < -0.4 is 15.2 Å². The first-order valence-corrected chi connectivity index (χ1v) is 8.07. The van der Waals surface area contributed by atoms with E-state index in [1.807, 2.05) is 0 Å². The third-order valence-corrected chi connectivity index (χ3v) is 5.02. The Bertz CT molecular complexity index is 614. The maximum atomic E-state index is 12.3. The van der Waals surface area contributed by atoms with E-state index in [9.17, 15) is 8.42 Å². The van der Waals surface area contributed by atoms with Crippen LogP contribution in [0.1, 0.15) is 18.4 Å². The lowest BCUT2D eigenvalue weighted by Crippen LogP contribution is -2.27. The molecule has 7 heteroatoms. The van der Waals surface area contributed by atoms with Crippen LogP contribution in [0.3, 0.4) is 0 Å². The zero-order valence-electron chi connectivity index (χ0n) is 10.2. The van der Waals surface area contributed by atoms with Crippen molar-refractivity contribution in [3.8, 4) is 5.75 Å². The molecule has 1 aliphatic carbocycles. The summed E-state index contributed by atoms with van der Waals surface area (Å²) in [5, 5.41) is 0.399. The molecule has 19 heavy (non-hydrogen) atoms. The Morgan fingerprint density at radius 2 is 2.16 bits per heavy atom. The predicted octanol–water partition coefficient (Wildman–Crippen LogP) is 1.04. The fourth-order valence-electron chi connectivity index (χ4n) is 2.18. The van der Waals surface area contributed by atoms with Gasteiger partial charge in [0.05, 0.1) is 0 Å². The minimum Gasteiger partial charge on any atom is -0.487 e. The van der Waals surface area contributed by atoms with Crippen molar-refractivity contribution in [1.29, 1.82) is 0 Å². The molecule has 2 aliphatic rings. The van der Waals surface area contributed by atoms with Gasteiger partial charge < -0.3 is 10.5 Å². The zero-order valence-corrected chi connectivity index (χ0v) is 11.8. The van der Waals surface area contributed by atoms with Gasteiger partial charge in [-0.15, -0.1) is 0 Å². The molecule has 0 spiro atoms. The van der Waals surface area contributed by atoms with Crippen LogP contribution in [0.5, 0.6) is 5.75 Å². The number of benzene rings is 1. The summed E-state index contributed by atoms with van der Waals surface area (Å²) < 4.78 is 32.9. The second-order valence-electron chi connectivity index (χ2n) is 4.97. The number of fused-ring (bicyclic) bond motifs is 1. The fourth-order valence-corrected chi connectivity index (χ4v) is 3.99. The summed E-state index contributed by atoms with van der Waals surface area (Å²) in [7, 11) is -3.58. The molecular weight excluding hydrogens is 288 g/mol. The number of nitrogens with two attached hydrogens (primary N) is 1. The number of ether oxygens (including phenoxy) is 1. The van der Waals surface area contributed by atoms with E-state index < -0.39 is 10.0 Å². The molecule has 5 nitrogen and oxygen atoms in total. The van der Waals surface area contributed by atoms with Crippen molar-refractivity contribution < 1.29 is 13.2 Å². The van der Waals surface area contributed by atoms with E-state index in [0.29, 0.717) is 23.7 Å². The van der Waals surface area contributed by atoms with Crippen molar-refractivity contribution in [3.05, 3.63) is 22.7 Å². The second-order valence-corrected chi connectivity index (χ2v) is 7.09. The van der Waals surface area contributed by atoms with Gasteiger partial charge in [0.15, 0.2) is 0 Å². The van der Waals surface area contributed by atoms with Gasteiger partial charge in [-0.05, 0) is 25.0 Å². The number of sulfonamides is 1. The van der Waals surface area contributed by atoms with Gasteiger partial charge in [0.25, 0.3) is 0 Å². The third kappa shape index (κ3) is 2.58. The summed E-state index contributed by atoms with van der Waals surface area (Å²) in [6, 6.07) is 3.22. The van der Waals surface area contributed by atoms with Gasteiger partial charge in [0.1, 0.15) is 16.7 Å². The maximum Gasteiger partial charge on any atom is 0.244 e. The average Bonchev–Trinajstić information content (AvgIpc) is 3.04. The molecule has 1 unspecified atom stereocenters. The monoisotopic (exact) mass is 302 g/mol. The fraction of sp³-hybridized carbons (Fsp3) is 0.500. The van der Waals surface area contributed by atoms with Crippen LogP contribution in [-0.4, -0.2) is 27.1 Å². The first-order valence-electron chi connectivity index (χ1n) is 6.21. The Hall–Kier alpha value is -0.820. The van der Waals surface area contributed by atoms with Crippen LogP contribution in [0.2, 0.25) is 5.02 Å². The normalized spacial score (nSPS) is 22.1. The Balaban J connectivity index is 2.02. The molecule has 1 saturated carbocycles. The molecule has 0 radical (unpaired) electrons. The van der Waals surface area contributed by atoms with Crippen LogP contribution in [0, 0.1) is 0 Å². The lowest BCUT2D eigenvalue weighted by atomic mass is 10.1. The molecule has 1 aromatic carbocycles. The molecule has 1 heterocycles. The minimum absolute atomic E-state index is 0.0475. The maximum absolute atomic E-state index is 12.3. The SMILES string of the molecule is NCC1Cc2cc(Cl)cc(S(=O)(=O)NC3CC3)c2O1. The highest BCUT2D eigenvalue weighted by atomic mass is 35.5. The molecule has 1 aromatic rings. The number of hydrogen-bond donors (Lipinski definition) is 2. The van der Waals surface area contributed by atoms with Crippen LogP contribution in [0.15, 0.2) is 17.0 Å². The number of nitrogens with one attached hydrogen (secondary N) is 1. The smallest absolute Gasteiger partial charge is 0.244 e. The summed E-state index contributed by atoms with van der Waals surface area (Å²) in [5.74, 6) is 0.396. The summed E-state index contributed by atoms with van der Waals surface area (Å²) in [4.78, 5) is 0.123. The van der Waals surface area contributed by atoms with Crippen molar-refractivity contribution in [3.63, 3.8) is 0 Å². The molecule has 104 valence electrons. The van der Waals surface area contributed by atoms with Crippen LogP contribution >= 0.6 is 11.6 Å². The van der Waals surface area contributed by atoms with E-state index in [-0.39, 0.29) is 17.0 Å². The lowest BCUT2D eigenvalue weighted by molar-refractivity contribution is 0.236. The molecule has 1 fully saturated rings. The second kappa shape index (κ2) is 4.63. The van der Waals surface area contributed by atoms with E-state index in [4.69, 9.17) is 22.1 Å². The number of hydrogen-bond acceptors (Lipinski definition) is 4. The molecular formula is C12H15ClN2O3S. The summed E-state index contributed by atoms with van der Waals surface area (Å²) >= 11 is 6.00. The summed E-state index contributed by atoms with van der Waals surface area (Å²) in [6.45, 7) is 0.349. The van der Waals surface area contributed by atoms with Crippen LogP contribution in [-0.2, 0) is 16.4 Å². The molecule has 0 aromatic heterocycles. The standard InChI is InChI=1S/C12H15ClN2O3S/c13-8-3-7-4-10(6-14)18-12(7)11(5-8)19(16,17)15-9-1-2-9/h3,5,9-10,15H,1-2,4,6,14H2. The topological polar surface area (TPSA) is 81.4 Å². The molecule has 1 atom stereocenters.